The SMILES string of the molecule is C[C@H](Cc1ccccn1)N(C)Cc1c([C@@H]2CCCO2)[nH]c2ncccc12. The number of H-pyrrole nitrogens is 1. The summed E-state index contributed by atoms with van der Waals surface area (Å²) in [5.41, 5.74) is 4.61. The van der Waals surface area contributed by atoms with Crippen molar-refractivity contribution >= 4 is 11.0 Å². The Morgan fingerprint density at radius 2 is 2.12 bits per heavy atom. The summed E-state index contributed by atoms with van der Waals surface area (Å²) < 4.78 is 5.96. The van der Waals surface area contributed by atoms with Gasteiger partial charge in [0.2, 0.25) is 0 Å². The molecule has 1 fully saturated rings. The highest BCUT2D eigenvalue weighted by Crippen LogP contribution is 2.34. The second-order valence-electron chi connectivity index (χ2n) is 7.21. The van der Waals surface area contributed by atoms with Gasteiger partial charge in [0, 0.05) is 49.1 Å². The number of rotatable bonds is 6. The van der Waals surface area contributed by atoms with Gasteiger partial charge < -0.3 is 9.72 Å². The van der Waals surface area contributed by atoms with Crippen LogP contribution in [-0.4, -0.2) is 39.5 Å². The van der Waals surface area contributed by atoms with Crippen molar-refractivity contribution in [3.8, 4) is 0 Å². The smallest absolute Gasteiger partial charge is 0.137 e. The highest BCUT2D eigenvalue weighted by Gasteiger charge is 2.25. The van der Waals surface area contributed by atoms with Crippen LogP contribution >= 0.6 is 0 Å². The van der Waals surface area contributed by atoms with Crippen LogP contribution in [0.1, 0.15) is 42.8 Å². The molecule has 5 heteroatoms. The number of nitrogens with zero attached hydrogens (tertiary/aromatic N) is 3. The van der Waals surface area contributed by atoms with Gasteiger partial charge in [0.1, 0.15) is 5.65 Å². The molecule has 1 N–H and O–H groups in total. The zero-order valence-electron chi connectivity index (χ0n) is 15.5. The van der Waals surface area contributed by atoms with E-state index in [4.69, 9.17) is 4.74 Å². The highest BCUT2D eigenvalue weighted by molar-refractivity contribution is 5.81. The minimum atomic E-state index is 0.165. The van der Waals surface area contributed by atoms with E-state index < -0.39 is 0 Å². The Hall–Kier alpha value is -2.24. The van der Waals surface area contributed by atoms with Gasteiger partial charge >= 0.3 is 0 Å². The number of likely N-dealkylation sites (N-methyl/N-ethyl adjacent to an activating group) is 1. The summed E-state index contributed by atoms with van der Waals surface area (Å²) in [6.45, 7) is 3.97. The fourth-order valence-electron chi connectivity index (χ4n) is 3.73. The highest BCUT2D eigenvalue weighted by atomic mass is 16.5. The van der Waals surface area contributed by atoms with Crippen molar-refractivity contribution in [1.29, 1.82) is 0 Å². The van der Waals surface area contributed by atoms with Crippen LogP contribution in [0.2, 0.25) is 0 Å². The molecule has 0 spiro atoms. The third kappa shape index (κ3) is 3.50. The fourth-order valence-corrected chi connectivity index (χ4v) is 3.73. The van der Waals surface area contributed by atoms with Crippen LogP contribution in [0, 0.1) is 0 Å². The first-order valence-corrected chi connectivity index (χ1v) is 9.39. The van der Waals surface area contributed by atoms with E-state index in [1.165, 1.54) is 16.6 Å². The molecule has 2 atom stereocenters. The van der Waals surface area contributed by atoms with Crippen molar-refractivity contribution in [2.24, 2.45) is 0 Å². The van der Waals surface area contributed by atoms with Crippen molar-refractivity contribution in [1.82, 2.24) is 19.9 Å². The van der Waals surface area contributed by atoms with E-state index in [2.05, 4.69) is 52.0 Å². The Bertz CT molecular complexity index is 855. The third-order valence-electron chi connectivity index (χ3n) is 5.35. The molecule has 3 aromatic rings. The molecule has 0 radical (unpaired) electrons. The maximum atomic E-state index is 5.96. The maximum Gasteiger partial charge on any atom is 0.137 e. The van der Waals surface area contributed by atoms with Crippen molar-refractivity contribution in [2.75, 3.05) is 13.7 Å². The molecular formula is C21H26N4O. The summed E-state index contributed by atoms with van der Waals surface area (Å²) in [6.07, 6.45) is 7.01. The van der Waals surface area contributed by atoms with E-state index in [1.54, 1.807) is 0 Å². The first-order valence-electron chi connectivity index (χ1n) is 9.39. The Kier molecular flexibility index (Phi) is 5.00. The molecule has 26 heavy (non-hydrogen) atoms. The van der Waals surface area contributed by atoms with Gasteiger partial charge in [-0.15, -0.1) is 0 Å². The standard InChI is InChI=1S/C21H26N4O/c1-15(13-16-7-3-4-10-22-16)25(2)14-18-17-8-5-11-23-21(17)24-20(18)19-9-6-12-26-19/h3-5,7-8,10-11,15,19H,6,9,12-14H2,1-2H3,(H,23,24)/t15-,19+/m1/s1. The molecular weight excluding hydrogens is 324 g/mol. The van der Waals surface area contributed by atoms with Crippen LogP contribution in [0.25, 0.3) is 11.0 Å². The van der Waals surface area contributed by atoms with Crippen LogP contribution in [0.4, 0.5) is 0 Å². The molecule has 0 amide bonds. The zero-order valence-corrected chi connectivity index (χ0v) is 15.5. The van der Waals surface area contributed by atoms with Crippen LogP contribution in [0.15, 0.2) is 42.7 Å². The van der Waals surface area contributed by atoms with Crippen molar-refractivity contribution in [2.45, 2.75) is 44.9 Å². The van der Waals surface area contributed by atoms with Crippen LogP contribution in [-0.2, 0) is 17.7 Å². The predicted molar refractivity (Wildman–Crippen MR) is 103 cm³/mol. The summed E-state index contributed by atoms with van der Waals surface area (Å²) in [6, 6.07) is 10.7. The van der Waals surface area contributed by atoms with E-state index in [9.17, 15) is 0 Å². The number of hydrogen-bond acceptors (Lipinski definition) is 4. The van der Waals surface area contributed by atoms with E-state index in [-0.39, 0.29) is 6.10 Å². The van der Waals surface area contributed by atoms with Crippen LogP contribution in [0.3, 0.4) is 0 Å². The first-order chi connectivity index (χ1) is 12.7. The van der Waals surface area contributed by atoms with E-state index in [1.807, 2.05) is 24.5 Å². The Morgan fingerprint density at radius 1 is 1.23 bits per heavy atom. The summed E-state index contributed by atoms with van der Waals surface area (Å²) in [4.78, 5) is 14.9. The molecule has 136 valence electrons. The number of ether oxygens (including phenoxy) is 1. The summed E-state index contributed by atoms with van der Waals surface area (Å²) in [5.74, 6) is 0. The molecule has 4 rings (SSSR count). The van der Waals surface area contributed by atoms with Gasteiger partial charge in [-0.1, -0.05) is 6.07 Å². The molecule has 4 heterocycles. The molecule has 1 aliphatic rings. The minimum Gasteiger partial charge on any atom is -0.372 e. The summed E-state index contributed by atoms with van der Waals surface area (Å²) in [7, 11) is 2.18. The molecule has 0 saturated carbocycles. The van der Waals surface area contributed by atoms with Crippen LogP contribution in [0.5, 0.6) is 0 Å². The van der Waals surface area contributed by atoms with Crippen molar-refractivity contribution in [3.05, 3.63) is 59.7 Å². The summed E-state index contributed by atoms with van der Waals surface area (Å²) in [5, 5.41) is 1.20. The van der Waals surface area contributed by atoms with E-state index >= 15 is 0 Å². The number of fused-ring (bicyclic) bond motifs is 1. The first kappa shape index (κ1) is 17.2. The van der Waals surface area contributed by atoms with Gasteiger partial charge in [0.05, 0.1) is 11.8 Å². The second kappa shape index (κ2) is 7.56. The number of aromatic amines is 1. The number of nitrogens with one attached hydrogen (secondary N) is 1. The van der Waals surface area contributed by atoms with Gasteiger partial charge in [-0.05, 0) is 56.6 Å². The zero-order chi connectivity index (χ0) is 17.9. The average Bonchev–Trinajstić information content (AvgIpc) is 3.31. The Balaban J connectivity index is 1.58. The molecule has 0 unspecified atom stereocenters. The Morgan fingerprint density at radius 3 is 2.88 bits per heavy atom. The fraction of sp³-hybridized carbons (Fsp3) is 0.429. The van der Waals surface area contributed by atoms with Gasteiger partial charge in [-0.3, -0.25) is 9.88 Å². The van der Waals surface area contributed by atoms with Crippen molar-refractivity contribution < 1.29 is 4.74 Å². The maximum absolute atomic E-state index is 5.96. The Labute approximate surface area is 154 Å². The quantitative estimate of drug-likeness (QED) is 0.733. The predicted octanol–water partition coefficient (Wildman–Crippen LogP) is 3.87. The largest absolute Gasteiger partial charge is 0.372 e. The van der Waals surface area contributed by atoms with Crippen LogP contribution < -0.4 is 0 Å². The van der Waals surface area contributed by atoms with Gasteiger partial charge in [0.15, 0.2) is 0 Å². The lowest BCUT2D eigenvalue weighted by Gasteiger charge is -2.25. The molecule has 0 bridgehead atoms. The molecule has 0 aromatic carbocycles. The normalized spacial score (nSPS) is 18.7. The monoisotopic (exact) mass is 350 g/mol. The number of pyridine rings is 2. The van der Waals surface area contributed by atoms with Gasteiger partial charge in [-0.25, -0.2) is 4.98 Å². The topological polar surface area (TPSA) is 54.0 Å². The molecule has 3 aromatic heterocycles. The lowest BCUT2D eigenvalue weighted by Crippen LogP contribution is -2.31. The van der Waals surface area contributed by atoms with Gasteiger partial charge in [0.25, 0.3) is 0 Å². The van der Waals surface area contributed by atoms with E-state index in [0.29, 0.717) is 6.04 Å². The summed E-state index contributed by atoms with van der Waals surface area (Å²) >= 11 is 0. The van der Waals surface area contributed by atoms with Crippen molar-refractivity contribution in [3.63, 3.8) is 0 Å². The molecule has 1 aliphatic heterocycles. The average molecular weight is 350 g/mol. The molecule has 1 saturated heterocycles. The lowest BCUT2D eigenvalue weighted by atomic mass is 10.0. The molecule has 5 nitrogen and oxygen atoms in total. The number of hydrogen-bond donors (Lipinski definition) is 1. The number of aromatic nitrogens is 3. The minimum absolute atomic E-state index is 0.165. The third-order valence-corrected chi connectivity index (χ3v) is 5.35. The molecule has 0 aliphatic carbocycles. The van der Waals surface area contributed by atoms with E-state index in [0.717, 1.165) is 43.8 Å². The second-order valence-corrected chi connectivity index (χ2v) is 7.21. The van der Waals surface area contributed by atoms with Gasteiger partial charge in [-0.2, -0.15) is 0 Å². The lowest BCUT2D eigenvalue weighted by molar-refractivity contribution is 0.107.